The molecule has 0 aromatic heterocycles. The molecule has 0 amide bonds. The van der Waals surface area contributed by atoms with Gasteiger partial charge in [-0.1, -0.05) is 0 Å². The standard InChI is InChI=1S/C9H10ClNO3/c10-5-6-14-7-8-1-3-9(4-2-8)11(12)13/h1-4H,5-7H2. The highest BCUT2D eigenvalue weighted by molar-refractivity contribution is 6.17. The third kappa shape index (κ3) is 3.32. The van der Waals surface area contributed by atoms with Gasteiger partial charge in [0.1, 0.15) is 0 Å². The van der Waals surface area contributed by atoms with Gasteiger partial charge >= 0.3 is 0 Å². The molecule has 5 heteroatoms. The summed E-state index contributed by atoms with van der Waals surface area (Å²) in [5, 5.41) is 10.3. The minimum atomic E-state index is -0.427. The van der Waals surface area contributed by atoms with E-state index in [2.05, 4.69) is 0 Å². The van der Waals surface area contributed by atoms with Crippen molar-refractivity contribution in [2.75, 3.05) is 12.5 Å². The van der Waals surface area contributed by atoms with E-state index in [4.69, 9.17) is 16.3 Å². The summed E-state index contributed by atoms with van der Waals surface area (Å²) in [6, 6.07) is 6.26. The topological polar surface area (TPSA) is 52.4 Å². The molecule has 0 fully saturated rings. The van der Waals surface area contributed by atoms with E-state index in [-0.39, 0.29) is 5.69 Å². The van der Waals surface area contributed by atoms with E-state index in [0.29, 0.717) is 19.1 Å². The second kappa shape index (κ2) is 5.57. The van der Waals surface area contributed by atoms with Crippen LogP contribution < -0.4 is 0 Å². The van der Waals surface area contributed by atoms with Crippen molar-refractivity contribution in [2.24, 2.45) is 0 Å². The zero-order valence-electron chi connectivity index (χ0n) is 7.48. The van der Waals surface area contributed by atoms with Crippen molar-refractivity contribution in [3.8, 4) is 0 Å². The Labute approximate surface area is 86.6 Å². The van der Waals surface area contributed by atoms with E-state index in [9.17, 15) is 10.1 Å². The number of nitro groups is 1. The Hall–Kier alpha value is -1.13. The van der Waals surface area contributed by atoms with Gasteiger partial charge in [0.05, 0.1) is 18.1 Å². The first kappa shape index (κ1) is 10.9. The van der Waals surface area contributed by atoms with Crippen LogP contribution in [0, 0.1) is 10.1 Å². The number of rotatable bonds is 5. The molecule has 0 radical (unpaired) electrons. The Balaban J connectivity index is 2.51. The predicted molar refractivity (Wildman–Crippen MR) is 53.5 cm³/mol. The third-order valence-electron chi connectivity index (χ3n) is 1.64. The second-order valence-corrected chi connectivity index (χ2v) is 3.04. The first-order valence-corrected chi connectivity index (χ1v) is 4.64. The van der Waals surface area contributed by atoms with Crippen LogP contribution in [0.15, 0.2) is 24.3 Å². The summed E-state index contributed by atoms with van der Waals surface area (Å²) in [6.45, 7) is 0.920. The monoisotopic (exact) mass is 215 g/mol. The molecular formula is C9H10ClNO3. The summed E-state index contributed by atoms with van der Waals surface area (Å²) < 4.78 is 5.17. The molecule has 0 heterocycles. The second-order valence-electron chi connectivity index (χ2n) is 2.67. The molecule has 1 aromatic carbocycles. The number of halogens is 1. The maximum absolute atomic E-state index is 10.3. The van der Waals surface area contributed by atoms with Crippen LogP contribution in [0.5, 0.6) is 0 Å². The molecular weight excluding hydrogens is 206 g/mol. The van der Waals surface area contributed by atoms with E-state index in [1.807, 2.05) is 0 Å². The van der Waals surface area contributed by atoms with Crippen LogP contribution in [0.25, 0.3) is 0 Å². The molecule has 0 spiro atoms. The fraction of sp³-hybridized carbons (Fsp3) is 0.333. The summed E-state index contributed by atoms with van der Waals surface area (Å²) >= 11 is 5.42. The molecule has 0 aliphatic rings. The van der Waals surface area contributed by atoms with Crippen molar-refractivity contribution in [1.82, 2.24) is 0 Å². The summed E-state index contributed by atoms with van der Waals surface area (Å²) in [4.78, 5) is 9.90. The van der Waals surface area contributed by atoms with Gasteiger partial charge in [-0.05, 0) is 17.7 Å². The largest absolute Gasteiger partial charge is 0.376 e. The molecule has 76 valence electrons. The Bertz CT molecular complexity index is 299. The normalized spacial score (nSPS) is 10.1. The number of nitro benzene ring substituents is 1. The lowest BCUT2D eigenvalue weighted by molar-refractivity contribution is -0.384. The van der Waals surface area contributed by atoms with Crippen molar-refractivity contribution >= 4 is 17.3 Å². The van der Waals surface area contributed by atoms with Crippen molar-refractivity contribution in [1.29, 1.82) is 0 Å². The molecule has 1 rings (SSSR count). The Kier molecular flexibility index (Phi) is 4.35. The van der Waals surface area contributed by atoms with E-state index >= 15 is 0 Å². The van der Waals surface area contributed by atoms with E-state index in [1.165, 1.54) is 12.1 Å². The average Bonchev–Trinajstić information content (AvgIpc) is 2.19. The molecule has 0 aliphatic carbocycles. The number of alkyl halides is 1. The van der Waals surface area contributed by atoms with Crippen molar-refractivity contribution in [2.45, 2.75) is 6.61 Å². The highest BCUT2D eigenvalue weighted by atomic mass is 35.5. The quantitative estimate of drug-likeness (QED) is 0.328. The van der Waals surface area contributed by atoms with Crippen molar-refractivity contribution < 1.29 is 9.66 Å². The lowest BCUT2D eigenvalue weighted by Gasteiger charge is -2.01. The zero-order chi connectivity index (χ0) is 10.4. The number of benzene rings is 1. The van der Waals surface area contributed by atoms with Gasteiger partial charge < -0.3 is 4.74 Å². The molecule has 0 saturated heterocycles. The predicted octanol–water partition coefficient (Wildman–Crippen LogP) is 2.35. The fourth-order valence-corrected chi connectivity index (χ4v) is 1.07. The van der Waals surface area contributed by atoms with Gasteiger partial charge in [0.2, 0.25) is 0 Å². The van der Waals surface area contributed by atoms with Crippen molar-refractivity contribution in [3.63, 3.8) is 0 Å². The van der Waals surface area contributed by atoms with Gasteiger partial charge in [0, 0.05) is 18.0 Å². The van der Waals surface area contributed by atoms with E-state index in [1.54, 1.807) is 12.1 Å². The molecule has 0 saturated carbocycles. The minimum absolute atomic E-state index is 0.0890. The van der Waals surface area contributed by atoms with Gasteiger partial charge in [-0.15, -0.1) is 11.6 Å². The van der Waals surface area contributed by atoms with Gasteiger partial charge in [-0.25, -0.2) is 0 Å². The maximum atomic E-state index is 10.3. The maximum Gasteiger partial charge on any atom is 0.269 e. The zero-order valence-corrected chi connectivity index (χ0v) is 8.24. The van der Waals surface area contributed by atoms with Gasteiger partial charge in [-0.3, -0.25) is 10.1 Å². The first-order chi connectivity index (χ1) is 6.74. The molecule has 0 N–H and O–H groups in total. The summed E-state index contributed by atoms with van der Waals surface area (Å²) in [7, 11) is 0. The van der Waals surface area contributed by atoms with Crippen LogP contribution in [-0.2, 0) is 11.3 Å². The summed E-state index contributed by atoms with van der Waals surface area (Å²) in [5.74, 6) is 0.451. The van der Waals surface area contributed by atoms with Crippen LogP contribution >= 0.6 is 11.6 Å². The minimum Gasteiger partial charge on any atom is -0.376 e. The lowest BCUT2D eigenvalue weighted by Crippen LogP contribution is -1.96. The van der Waals surface area contributed by atoms with Gasteiger partial charge in [0.25, 0.3) is 5.69 Å². The molecule has 14 heavy (non-hydrogen) atoms. The SMILES string of the molecule is O=[N+]([O-])c1ccc(COCCCl)cc1. The molecule has 0 atom stereocenters. The molecule has 0 aliphatic heterocycles. The Morgan fingerprint density at radius 1 is 1.36 bits per heavy atom. The Morgan fingerprint density at radius 2 is 2.00 bits per heavy atom. The fourth-order valence-electron chi connectivity index (χ4n) is 0.958. The summed E-state index contributed by atoms with van der Waals surface area (Å²) in [6.07, 6.45) is 0. The van der Waals surface area contributed by atoms with Crippen LogP contribution in [0.4, 0.5) is 5.69 Å². The Morgan fingerprint density at radius 3 is 2.50 bits per heavy atom. The number of hydrogen-bond acceptors (Lipinski definition) is 3. The van der Waals surface area contributed by atoms with E-state index < -0.39 is 4.92 Å². The molecule has 1 aromatic rings. The molecule has 0 bridgehead atoms. The number of ether oxygens (including phenoxy) is 1. The number of nitrogens with zero attached hydrogens (tertiary/aromatic N) is 1. The van der Waals surface area contributed by atoms with E-state index in [0.717, 1.165) is 5.56 Å². The number of hydrogen-bond donors (Lipinski definition) is 0. The average molecular weight is 216 g/mol. The smallest absolute Gasteiger partial charge is 0.269 e. The molecule has 4 nitrogen and oxygen atoms in total. The highest BCUT2D eigenvalue weighted by Gasteiger charge is 2.03. The lowest BCUT2D eigenvalue weighted by atomic mass is 10.2. The van der Waals surface area contributed by atoms with Crippen molar-refractivity contribution in [3.05, 3.63) is 39.9 Å². The third-order valence-corrected chi connectivity index (χ3v) is 1.79. The van der Waals surface area contributed by atoms with Crippen LogP contribution in [0.3, 0.4) is 0 Å². The highest BCUT2D eigenvalue weighted by Crippen LogP contribution is 2.12. The van der Waals surface area contributed by atoms with Crippen LogP contribution in [0.2, 0.25) is 0 Å². The number of non-ortho nitro benzene ring substituents is 1. The molecule has 0 unspecified atom stereocenters. The first-order valence-electron chi connectivity index (χ1n) is 4.11. The van der Waals surface area contributed by atoms with Crippen LogP contribution in [-0.4, -0.2) is 17.4 Å². The van der Waals surface area contributed by atoms with Gasteiger partial charge in [-0.2, -0.15) is 0 Å². The van der Waals surface area contributed by atoms with Gasteiger partial charge in [0.15, 0.2) is 0 Å². The summed E-state index contributed by atoms with van der Waals surface area (Å²) in [5.41, 5.74) is 0.992. The van der Waals surface area contributed by atoms with Crippen LogP contribution in [0.1, 0.15) is 5.56 Å².